The number of pyridine rings is 1. The highest BCUT2D eigenvalue weighted by Crippen LogP contribution is 2.29. The fourth-order valence-electron chi connectivity index (χ4n) is 3.59. The monoisotopic (exact) mass is 470 g/mol. The average molecular weight is 470 g/mol. The summed E-state index contributed by atoms with van der Waals surface area (Å²) >= 11 is 0. The number of carbonyl (C=O) groups is 1. The molecular weight excluding hydrogens is 447 g/mol. The predicted molar refractivity (Wildman–Crippen MR) is 136 cm³/mol. The minimum Gasteiger partial charge on any atom is -0.363 e. The number of amides is 1. The highest BCUT2D eigenvalue weighted by atomic mass is 31.0. The van der Waals surface area contributed by atoms with Crippen molar-refractivity contribution >= 4 is 37.7 Å². The van der Waals surface area contributed by atoms with Gasteiger partial charge in [-0.2, -0.15) is 10.2 Å². The number of nitrogens with one attached hydrogen (secondary N) is 1. The Morgan fingerprint density at radius 1 is 1.00 bits per heavy atom. The summed E-state index contributed by atoms with van der Waals surface area (Å²) in [6, 6.07) is 15.4. The molecule has 1 N–H and O–H groups in total. The van der Waals surface area contributed by atoms with Crippen LogP contribution in [0.2, 0.25) is 0 Å². The number of anilines is 2. The van der Waals surface area contributed by atoms with Gasteiger partial charge in [0.05, 0.1) is 17.5 Å². The van der Waals surface area contributed by atoms with E-state index in [-0.39, 0.29) is 5.91 Å². The number of nitrogens with zero attached hydrogens (tertiary/aromatic N) is 7. The van der Waals surface area contributed by atoms with Crippen molar-refractivity contribution in [2.75, 3.05) is 24.3 Å². The second-order valence-corrected chi connectivity index (χ2v) is 8.75. The molecule has 170 valence electrons. The summed E-state index contributed by atoms with van der Waals surface area (Å²) in [6.45, 7) is 0. The van der Waals surface area contributed by atoms with Crippen molar-refractivity contribution in [3.63, 3.8) is 0 Å². The van der Waals surface area contributed by atoms with Gasteiger partial charge in [0.15, 0.2) is 11.5 Å². The molecular formula is C24H23N8OP. The molecule has 0 aliphatic rings. The first-order chi connectivity index (χ1) is 16.4. The topological polar surface area (TPSA) is 93.2 Å². The Balaban J connectivity index is 1.43. The van der Waals surface area contributed by atoms with E-state index in [0.29, 0.717) is 17.0 Å². The largest absolute Gasteiger partial charge is 0.363 e. The summed E-state index contributed by atoms with van der Waals surface area (Å²) in [5, 5.41) is 13.3. The van der Waals surface area contributed by atoms with Gasteiger partial charge in [-0.05, 0) is 29.6 Å². The molecule has 5 rings (SSSR count). The Hall–Kier alpha value is -4.10. The maximum atomic E-state index is 12.6. The summed E-state index contributed by atoms with van der Waals surface area (Å²) in [7, 11) is 8.37. The molecule has 0 bridgehead atoms. The number of aromatic nitrogens is 6. The van der Waals surface area contributed by atoms with E-state index in [1.807, 2.05) is 68.6 Å². The highest BCUT2D eigenvalue weighted by Gasteiger charge is 2.15. The first kappa shape index (κ1) is 21.7. The van der Waals surface area contributed by atoms with Crippen LogP contribution in [0.5, 0.6) is 0 Å². The van der Waals surface area contributed by atoms with Gasteiger partial charge in [-0.15, -0.1) is 9.24 Å². The molecule has 0 spiro atoms. The van der Waals surface area contributed by atoms with Crippen molar-refractivity contribution < 1.29 is 4.79 Å². The Labute approximate surface area is 198 Å². The van der Waals surface area contributed by atoms with Crippen LogP contribution in [0.4, 0.5) is 11.6 Å². The molecule has 10 heteroatoms. The predicted octanol–water partition coefficient (Wildman–Crippen LogP) is 3.01. The molecule has 4 aromatic heterocycles. The minimum atomic E-state index is -0.284. The molecule has 0 saturated carbocycles. The number of carbonyl (C=O) groups excluding carboxylic acids is 1. The fourth-order valence-corrected chi connectivity index (χ4v) is 3.78. The zero-order chi connectivity index (χ0) is 23.8. The van der Waals surface area contributed by atoms with Crippen molar-refractivity contribution in [2.45, 2.75) is 0 Å². The first-order valence-corrected chi connectivity index (χ1v) is 11.2. The van der Waals surface area contributed by atoms with Crippen LogP contribution in [0, 0.1) is 0 Å². The zero-order valence-corrected chi connectivity index (χ0v) is 20.1. The maximum Gasteiger partial charge on any atom is 0.258 e. The second kappa shape index (κ2) is 8.68. The van der Waals surface area contributed by atoms with Crippen LogP contribution in [-0.2, 0) is 7.05 Å². The van der Waals surface area contributed by atoms with Crippen LogP contribution in [-0.4, -0.2) is 49.4 Å². The van der Waals surface area contributed by atoms with E-state index in [1.54, 1.807) is 33.7 Å². The lowest BCUT2D eigenvalue weighted by atomic mass is 10.1. The zero-order valence-electron chi connectivity index (χ0n) is 19.0. The molecule has 5 aromatic rings. The van der Waals surface area contributed by atoms with Gasteiger partial charge in [0.25, 0.3) is 5.91 Å². The van der Waals surface area contributed by atoms with E-state index < -0.39 is 0 Å². The standard InChI is InChI=1S/C24H23N8OP/c1-30(2)21-10-6-16(12-25-21)24(33)27-20-14-32-22(26-20)11-9-19(28-32)18-13-31(3)29-23(18)15-4-7-17(34)8-5-15/h4-14H,34H2,1-3H3,(H,27,33). The van der Waals surface area contributed by atoms with Crippen LogP contribution in [0.25, 0.3) is 28.2 Å². The minimum absolute atomic E-state index is 0.284. The number of hydrogen-bond donors (Lipinski definition) is 1. The van der Waals surface area contributed by atoms with E-state index in [2.05, 4.69) is 29.6 Å². The molecule has 1 amide bonds. The quantitative estimate of drug-likeness (QED) is 0.397. The third kappa shape index (κ3) is 4.25. The van der Waals surface area contributed by atoms with Crippen molar-refractivity contribution in [1.29, 1.82) is 0 Å². The van der Waals surface area contributed by atoms with Crippen LogP contribution in [0.1, 0.15) is 10.4 Å². The summed E-state index contributed by atoms with van der Waals surface area (Å²) in [4.78, 5) is 23.3. The van der Waals surface area contributed by atoms with Gasteiger partial charge in [0.1, 0.15) is 11.5 Å². The Kier molecular flexibility index (Phi) is 5.55. The number of rotatable bonds is 5. The van der Waals surface area contributed by atoms with Gasteiger partial charge in [-0.1, -0.05) is 24.3 Å². The number of fused-ring (bicyclic) bond motifs is 1. The third-order valence-electron chi connectivity index (χ3n) is 5.32. The summed E-state index contributed by atoms with van der Waals surface area (Å²) in [5.41, 5.74) is 4.60. The molecule has 0 radical (unpaired) electrons. The van der Waals surface area contributed by atoms with Gasteiger partial charge in [-0.25, -0.2) is 14.5 Å². The van der Waals surface area contributed by atoms with Crippen LogP contribution in [0.3, 0.4) is 0 Å². The molecule has 1 atom stereocenters. The van der Waals surface area contributed by atoms with Gasteiger partial charge in [0, 0.05) is 44.7 Å². The Morgan fingerprint density at radius 3 is 2.50 bits per heavy atom. The van der Waals surface area contributed by atoms with E-state index in [0.717, 1.165) is 33.6 Å². The molecule has 34 heavy (non-hydrogen) atoms. The molecule has 1 unspecified atom stereocenters. The third-order valence-corrected chi connectivity index (χ3v) is 5.70. The Bertz CT molecular complexity index is 1490. The van der Waals surface area contributed by atoms with Crippen molar-refractivity contribution in [3.8, 4) is 22.5 Å². The number of hydrogen-bond acceptors (Lipinski definition) is 6. The van der Waals surface area contributed by atoms with Gasteiger partial charge < -0.3 is 10.2 Å². The second-order valence-electron chi connectivity index (χ2n) is 8.09. The lowest BCUT2D eigenvalue weighted by Crippen LogP contribution is -2.14. The van der Waals surface area contributed by atoms with Gasteiger partial charge in [0.2, 0.25) is 0 Å². The maximum absolute atomic E-state index is 12.6. The lowest BCUT2D eigenvalue weighted by molar-refractivity contribution is 0.102. The normalized spacial score (nSPS) is 11.1. The summed E-state index contributed by atoms with van der Waals surface area (Å²) in [5.74, 6) is 0.905. The van der Waals surface area contributed by atoms with E-state index in [4.69, 9.17) is 5.10 Å². The van der Waals surface area contributed by atoms with Crippen LogP contribution >= 0.6 is 9.24 Å². The van der Waals surface area contributed by atoms with Crippen LogP contribution in [0.15, 0.2) is 67.1 Å². The smallest absolute Gasteiger partial charge is 0.258 e. The van der Waals surface area contributed by atoms with Gasteiger partial charge in [-0.3, -0.25) is 9.48 Å². The van der Waals surface area contributed by atoms with Crippen molar-refractivity contribution in [3.05, 3.63) is 72.7 Å². The summed E-state index contributed by atoms with van der Waals surface area (Å²) in [6.07, 6.45) is 5.18. The number of imidazole rings is 1. The van der Waals surface area contributed by atoms with Gasteiger partial charge >= 0.3 is 0 Å². The molecule has 0 aliphatic carbocycles. The van der Waals surface area contributed by atoms with Crippen LogP contribution < -0.4 is 15.5 Å². The van der Waals surface area contributed by atoms with Crippen molar-refractivity contribution in [2.24, 2.45) is 7.05 Å². The lowest BCUT2D eigenvalue weighted by Gasteiger charge is -2.10. The number of benzene rings is 1. The van der Waals surface area contributed by atoms with E-state index >= 15 is 0 Å². The fraction of sp³-hybridized carbons (Fsp3) is 0.125. The van der Waals surface area contributed by atoms with E-state index in [9.17, 15) is 4.79 Å². The molecule has 0 aliphatic heterocycles. The SMILES string of the molecule is CN(C)c1ccc(C(=O)Nc2cn3nc(-c4cn(C)nc4-c4ccc(P)cc4)ccc3n2)cn1. The molecule has 0 saturated heterocycles. The molecule has 0 fully saturated rings. The molecule has 9 nitrogen and oxygen atoms in total. The number of aryl methyl sites for hydroxylation is 1. The summed E-state index contributed by atoms with van der Waals surface area (Å²) < 4.78 is 3.43. The Morgan fingerprint density at radius 2 is 1.79 bits per heavy atom. The molecule has 1 aromatic carbocycles. The molecule has 4 heterocycles. The van der Waals surface area contributed by atoms with Crippen molar-refractivity contribution in [1.82, 2.24) is 29.4 Å². The highest BCUT2D eigenvalue weighted by molar-refractivity contribution is 7.27. The average Bonchev–Trinajstić information content (AvgIpc) is 3.41. The first-order valence-electron chi connectivity index (χ1n) is 10.6. The van der Waals surface area contributed by atoms with E-state index in [1.165, 1.54) is 0 Å².